The van der Waals surface area contributed by atoms with Crippen LogP contribution in [0.5, 0.6) is 5.75 Å². The van der Waals surface area contributed by atoms with Gasteiger partial charge in [0.25, 0.3) is 0 Å². The van der Waals surface area contributed by atoms with Crippen LogP contribution < -0.4 is 0 Å². The highest BCUT2D eigenvalue weighted by atomic mass is 16.3. The molecule has 0 bridgehead atoms. The fraction of sp³-hybridized carbons (Fsp3) is 0.250. The van der Waals surface area contributed by atoms with Gasteiger partial charge in [0.05, 0.1) is 28.0 Å². The van der Waals surface area contributed by atoms with Gasteiger partial charge >= 0.3 is 0 Å². The summed E-state index contributed by atoms with van der Waals surface area (Å²) < 4.78 is 19.7. The Labute approximate surface area is 359 Å². The molecule has 4 heteroatoms. The van der Waals surface area contributed by atoms with Crippen molar-refractivity contribution < 1.29 is 7.85 Å². The molecule has 302 valence electrons. The number of imidazole rings is 1. The third kappa shape index (κ3) is 7.91. The van der Waals surface area contributed by atoms with Crippen LogP contribution in [0.15, 0.2) is 146 Å². The quantitative estimate of drug-likeness (QED) is 0.167. The number of aromatic hydroxyl groups is 1. The van der Waals surface area contributed by atoms with Crippen molar-refractivity contribution in [1.82, 2.24) is 14.5 Å². The van der Waals surface area contributed by atoms with E-state index in [-0.39, 0.29) is 16.6 Å². The van der Waals surface area contributed by atoms with Gasteiger partial charge in [-0.05, 0) is 122 Å². The summed E-state index contributed by atoms with van der Waals surface area (Å²) in [6, 6.07) is 48.0. The maximum Gasteiger partial charge on any atom is 0.149 e. The smallest absolute Gasteiger partial charge is 0.149 e. The highest BCUT2D eigenvalue weighted by Gasteiger charge is 2.24. The number of nitrogens with zero attached hydrogens (tertiary/aromatic N) is 3. The molecule has 0 atom stereocenters. The maximum absolute atomic E-state index is 11.4. The summed E-state index contributed by atoms with van der Waals surface area (Å²) >= 11 is 0. The molecular formula is C56H57N3O. The van der Waals surface area contributed by atoms with Crippen molar-refractivity contribution >= 4 is 11.0 Å². The van der Waals surface area contributed by atoms with Gasteiger partial charge < -0.3 is 5.11 Å². The number of rotatable bonds is 8. The van der Waals surface area contributed by atoms with Crippen molar-refractivity contribution in [2.75, 3.05) is 0 Å². The number of phenols is 1. The van der Waals surface area contributed by atoms with Gasteiger partial charge in [-0.25, -0.2) is 4.98 Å². The number of hydrogen-bond donors (Lipinski definition) is 1. The lowest BCUT2D eigenvalue weighted by atomic mass is 9.83. The van der Waals surface area contributed by atoms with Crippen LogP contribution in [0.4, 0.5) is 0 Å². The number of fused-ring (bicyclic) bond motifs is 1. The molecule has 0 fully saturated rings. The van der Waals surface area contributed by atoms with E-state index in [0.29, 0.717) is 11.4 Å². The minimum absolute atomic E-state index is 0.00297. The van der Waals surface area contributed by atoms with Crippen LogP contribution in [0.1, 0.15) is 106 Å². The Morgan fingerprint density at radius 2 is 1.17 bits per heavy atom. The zero-order chi connectivity index (χ0) is 44.4. The largest absolute Gasteiger partial charge is 0.507 e. The van der Waals surface area contributed by atoms with E-state index < -0.39 is 11.8 Å². The lowest BCUT2D eigenvalue weighted by molar-refractivity contribution is 0.477. The van der Waals surface area contributed by atoms with Crippen LogP contribution in [-0.2, 0) is 10.8 Å². The van der Waals surface area contributed by atoms with E-state index in [1.165, 1.54) is 11.1 Å². The molecule has 2 heterocycles. The van der Waals surface area contributed by atoms with Gasteiger partial charge in [0.2, 0.25) is 0 Å². The van der Waals surface area contributed by atoms with E-state index in [0.717, 1.165) is 72.5 Å². The molecule has 60 heavy (non-hydrogen) atoms. The molecule has 0 spiro atoms. The Hall–Kier alpha value is -6.26. The summed E-state index contributed by atoms with van der Waals surface area (Å²) in [5.74, 6) is -0.724. The summed E-state index contributed by atoms with van der Waals surface area (Å²) in [5.41, 5.74) is 15.4. The molecular weight excluding hydrogens is 731 g/mol. The molecule has 8 aromatic rings. The molecule has 0 radical (unpaired) electrons. The Balaban J connectivity index is 1.35. The van der Waals surface area contributed by atoms with Crippen LogP contribution in [0.25, 0.3) is 72.7 Å². The zero-order valence-electron chi connectivity index (χ0n) is 38.6. The van der Waals surface area contributed by atoms with Crippen LogP contribution in [0, 0.1) is 0 Å². The number of hydrogen-bond acceptors (Lipinski definition) is 3. The van der Waals surface area contributed by atoms with Gasteiger partial charge in [-0.3, -0.25) is 9.55 Å². The van der Waals surface area contributed by atoms with E-state index in [2.05, 4.69) is 137 Å². The maximum atomic E-state index is 11.4. The topological polar surface area (TPSA) is 50.9 Å². The first-order chi connectivity index (χ1) is 29.2. The molecule has 8 rings (SSSR count). The lowest BCUT2D eigenvalue weighted by Gasteiger charge is -2.22. The van der Waals surface area contributed by atoms with Crippen molar-refractivity contribution in [3.63, 3.8) is 0 Å². The van der Waals surface area contributed by atoms with Gasteiger partial charge in [0.1, 0.15) is 11.6 Å². The Morgan fingerprint density at radius 1 is 0.533 bits per heavy atom. The second kappa shape index (κ2) is 15.7. The normalized spacial score (nSPS) is 13.0. The highest BCUT2D eigenvalue weighted by molar-refractivity contribution is 5.97. The second-order valence-electron chi connectivity index (χ2n) is 18.6. The van der Waals surface area contributed by atoms with E-state index in [9.17, 15) is 5.11 Å². The summed E-state index contributed by atoms with van der Waals surface area (Å²) in [6.45, 7) is 21.0. The molecule has 6 aromatic carbocycles. The molecule has 0 unspecified atom stereocenters. The minimum atomic E-state index is -0.822. The average molecular weight is 790 g/mol. The number of benzene rings is 6. The molecule has 2 aromatic heterocycles. The van der Waals surface area contributed by atoms with Crippen molar-refractivity contribution in [2.24, 2.45) is 0 Å². The van der Waals surface area contributed by atoms with Gasteiger partial charge in [-0.1, -0.05) is 154 Å². The average Bonchev–Trinajstić information content (AvgIpc) is 3.62. The number of aromatic nitrogens is 3. The second-order valence-corrected chi connectivity index (χ2v) is 18.6. The third-order valence-electron chi connectivity index (χ3n) is 11.7. The summed E-state index contributed by atoms with van der Waals surface area (Å²) in [4.78, 5) is 10.4. The molecule has 4 nitrogen and oxygen atoms in total. The summed E-state index contributed by atoms with van der Waals surface area (Å²) in [5, 5.41) is 11.4. The van der Waals surface area contributed by atoms with Crippen LogP contribution in [0.3, 0.4) is 0 Å². The number of pyridine rings is 1. The van der Waals surface area contributed by atoms with Gasteiger partial charge in [-0.2, -0.15) is 0 Å². The molecule has 0 aliphatic carbocycles. The first-order valence-corrected chi connectivity index (χ1v) is 21.0. The Bertz CT molecular complexity index is 2930. The summed E-state index contributed by atoms with van der Waals surface area (Å²) in [7, 11) is 0. The van der Waals surface area contributed by atoms with Crippen LogP contribution >= 0.6 is 0 Å². The van der Waals surface area contributed by atoms with Gasteiger partial charge in [-0.15, -0.1) is 0 Å². The molecule has 0 saturated heterocycles. The SMILES string of the molecule is [2H]C(C)(C)c1ccc(-c2ccnc(-c3cc(-c4cccc5c4nc(-c4ccccc4O)n5-c4ccc(C([2H])(C)C)cc4-c4ccc(C(C)(C)C)cc4)cc(C(C)(C)C)c3)c2)cc1. The van der Waals surface area contributed by atoms with E-state index in [1.807, 2.05) is 76.4 Å². The van der Waals surface area contributed by atoms with Crippen LogP contribution in [-0.4, -0.2) is 19.6 Å². The summed E-state index contributed by atoms with van der Waals surface area (Å²) in [6.07, 6.45) is 1.87. The predicted molar refractivity (Wildman–Crippen MR) is 253 cm³/mol. The van der Waals surface area contributed by atoms with E-state index >= 15 is 0 Å². The molecule has 0 aliphatic heterocycles. The van der Waals surface area contributed by atoms with Crippen molar-refractivity contribution in [1.29, 1.82) is 0 Å². The van der Waals surface area contributed by atoms with Crippen molar-refractivity contribution in [2.45, 2.75) is 91.9 Å². The fourth-order valence-corrected chi connectivity index (χ4v) is 7.97. The Kier molecular flexibility index (Phi) is 9.96. The first kappa shape index (κ1) is 38.0. The van der Waals surface area contributed by atoms with Crippen molar-refractivity contribution in [3.8, 4) is 67.5 Å². The highest BCUT2D eigenvalue weighted by Crippen LogP contribution is 2.42. The molecule has 0 saturated carbocycles. The third-order valence-corrected chi connectivity index (χ3v) is 11.7. The van der Waals surface area contributed by atoms with Crippen LogP contribution in [0.2, 0.25) is 0 Å². The van der Waals surface area contributed by atoms with Crippen molar-refractivity contribution in [3.05, 3.63) is 168 Å². The first-order valence-electron chi connectivity index (χ1n) is 22.0. The zero-order valence-corrected chi connectivity index (χ0v) is 36.6. The predicted octanol–water partition coefficient (Wildman–Crippen LogP) is 15.3. The van der Waals surface area contributed by atoms with E-state index in [1.54, 1.807) is 6.07 Å². The minimum Gasteiger partial charge on any atom is -0.507 e. The lowest BCUT2D eigenvalue weighted by Crippen LogP contribution is -2.11. The number of para-hydroxylation sites is 2. The molecule has 0 aliphatic rings. The van der Waals surface area contributed by atoms with E-state index in [4.69, 9.17) is 12.7 Å². The molecule has 0 amide bonds. The monoisotopic (exact) mass is 789 g/mol. The number of phenolic OH excluding ortho intramolecular Hbond substituents is 1. The standard InChI is InChI=1S/C56H57N3O/c1-35(2)37-18-20-38(21-19-37)41-28-29-57-49(34-41)43-30-42(31-45(32-43)56(8,9)10)46-15-13-16-51-53(46)58-54(47-14-11-12-17-52(47)60)59(51)50-27-24-40(36(3)4)33-48(50)39-22-25-44(26-23-39)55(5,6)7/h11-36,60H,1-10H3/i35D,36D. The fourth-order valence-electron chi connectivity index (χ4n) is 7.97. The Morgan fingerprint density at radius 3 is 1.83 bits per heavy atom. The van der Waals surface area contributed by atoms with Gasteiger partial charge in [0, 0.05) is 25.6 Å². The molecule has 1 N–H and O–H groups in total. The van der Waals surface area contributed by atoms with Gasteiger partial charge in [0.15, 0.2) is 0 Å².